The number of carbonyl (C=O) groups is 1. The second-order valence-electron chi connectivity index (χ2n) is 7.38. The van der Waals surface area contributed by atoms with Gasteiger partial charge in [-0.1, -0.05) is 30.0 Å². The number of ether oxygens (including phenoxy) is 2. The van der Waals surface area contributed by atoms with Crippen molar-refractivity contribution >= 4 is 39.2 Å². The topological polar surface area (TPSA) is 73.3 Å². The van der Waals surface area contributed by atoms with Crippen molar-refractivity contribution in [3.8, 4) is 21.9 Å². The Morgan fingerprint density at radius 2 is 1.88 bits per heavy atom. The summed E-state index contributed by atoms with van der Waals surface area (Å²) >= 11 is 2.92. The first kappa shape index (κ1) is 21.7. The van der Waals surface area contributed by atoms with E-state index in [1.165, 1.54) is 41.6 Å². The molecule has 1 aliphatic heterocycles. The van der Waals surface area contributed by atoms with Gasteiger partial charge in [-0.05, 0) is 47.9 Å². The van der Waals surface area contributed by atoms with Gasteiger partial charge in [-0.25, -0.2) is 14.4 Å². The molecule has 0 fully saturated rings. The van der Waals surface area contributed by atoms with Crippen molar-refractivity contribution in [2.45, 2.75) is 11.4 Å². The fourth-order valence-corrected chi connectivity index (χ4v) is 5.50. The van der Waals surface area contributed by atoms with Gasteiger partial charge in [0, 0.05) is 11.4 Å². The first-order chi connectivity index (χ1) is 16.2. The molecule has 0 bridgehead atoms. The number of carbonyl (C=O) groups excluding carboxylic acids is 1. The van der Waals surface area contributed by atoms with Gasteiger partial charge in [0.15, 0.2) is 11.5 Å². The summed E-state index contributed by atoms with van der Waals surface area (Å²) in [6.45, 7) is 1.65. The molecule has 2 aromatic carbocycles. The molecule has 0 spiro atoms. The number of benzene rings is 2. The summed E-state index contributed by atoms with van der Waals surface area (Å²) < 4.78 is 25.3. The lowest BCUT2D eigenvalue weighted by Gasteiger charge is -2.18. The second-order valence-corrected chi connectivity index (χ2v) is 9.39. The third kappa shape index (κ3) is 5.09. The van der Waals surface area contributed by atoms with E-state index in [1.54, 1.807) is 12.1 Å². The number of nitrogens with zero attached hydrogens (tertiary/aromatic N) is 2. The highest BCUT2D eigenvalue weighted by Gasteiger charge is 2.14. The van der Waals surface area contributed by atoms with Crippen molar-refractivity contribution in [3.63, 3.8) is 0 Å². The molecule has 0 unspecified atom stereocenters. The Labute approximate surface area is 198 Å². The summed E-state index contributed by atoms with van der Waals surface area (Å²) in [5.41, 5.74) is 2.82. The standard InChI is InChI=1S/C24H20FN3O3S2/c25-17-4-2-16(3-5-17)21-12-18-23(33-21)24(28-14-27-18)32-13-22(29)26-8-7-15-1-6-19-20(11-15)31-10-9-30-19/h1-6,11-12,14H,7-10,13H2,(H,26,29). The van der Waals surface area contributed by atoms with E-state index in [1.807, 2.05) is 24.3 Å². The van der Waals surface area contributed by atoms with Crippen LogP contribution in [-0.2, 0) is 11.2 Å². The molecular formula is C24H20FN3O3S2. The Morgan fingerprint density at radius 3 is 2.73 bits per heavy atom. The van der Waals surface area contributed by atoms with Crippen molar-refractivity contribution in [1.29, 1.82) is 0 Å². The van der Waals surface area contributed by atoms with Gasteiger partial charge in [0.2, 0.25) is 5.91 Å². The van der Waals surface area contributed by atoms with Crippen LogP contribution in [0.2, 0.25) is 0 Å². The number of thiophene rings is 1. The lowest BCUT2D eigenvalue weighted by atomic mass is 10.1. The molecule has 168 valence electrons. The second kappa shape index (κ2) is 9.76. The van der Waals surface area contributed by atoms with Crippen LogP contribution < -0.4 is 14.8 Å². The zero-order valence-corrected chi connectivity index (χ0v) is 19.2. The van der Waals surface area contributed by atoms with Crippen molar-refractivity contribution in [2.75, 3.05) is 25.5 Å². The fraction of sp³-hybridized carbons (Fsp3) is 0.208. The predicted octanol–water partition coefficient (Wildman–Crippen LogP) is 4.72. The third-order valence-electron chi connectivity index (χ3n) is 5.09. The van der Waals surface area contributed by atoms with Crippen LogP contribution in [0.25, 0.3) is 20.7 Å². The third-order valence-corrected chi connectivity index (χ3v) is 7.39. The first-order valence-electron chi connectivity index (χ1n) is 10.4. The summed E-state index contributed by atoms with van der Waals surface area (Å²) in [5.74, 6) is 1.45. The molecule has 9 heteroatoms. The summed E-state index contributed by atoms with van der Waals surface area (Å²) in [6, 6.07) is 14.2. The monoisotopic (exact) mass is 481 g/mol. The smallest absolute Gasteiger partial charge is 0.230 e. The highest BCUT2D eigenvalue weighted by Crippen LogP contribution is 2.37. The normalized spacial score (nSPS) is 12.6. The van der Waals surface area contributed by atoms with E-state index < -0.39 is 0 Å². The van der Waals surface area contributed by atoms with Crippen molar-refractivity contribution in [1.82, 2.24) is 15.3 Å². The molecule has 1 aliphatic rings. The van der Waals surface area contributed by atoms with E-state index in [9.17, 15) is 9.18 Å². The van der Waals surface area contributed by atoms with Crippen molar-refractivity contribution in [2.24, 2.45) is 0 Å². The van der Waals surface area contributed by atoms with Gasteiger partial charge in [-0.2, -0.15) is 0 Å². The van der Waals surface area contributed by atoms with E-state index >= 15 is 0 Å². The summed E-state index contributed by atoms with van der Waals surface area (Å²) in [5, 5.41) is 3.72. The molecular weight excluding hydrogens is 461 g/mol. The van der Waals surface area contributed by atoms with Crippen LogP contribution in [0.4, 0.5) is 4.39 Å². The minimum atomic E-state index is -0.268. The molecule has 3 heterocycles. The zero-order chi connectivity index (χ0) is 22.6. The average Bonchev–Trinajstić information content (AvgIpc) is 3.28. The summed E-state index contributed by atoms with van der Waals surface area (Å²) in [6.07, 6.45) is 2.21. The number of thioether (sulfide) groups is 1. The van der Waals surface area contributed by atoms with E-state index in [-0.39, 0.29) is 17.5 Å². The highest BCUT2D eigenvalue weighted by molar-refractivity contribution is 8.00. The molecule has 4 aromatic rings. The Balaban J connectivity index is 1.17. The lowest BCUT2D eigenvalue weighted by molar-refractivity contribution is -0.118. The Hall–Kier alpha value is -3.17. The van der Waals surface area contributed by atoms with Crippen LogP contribution >= 0.6 is 23.1 Å². The van der Waals surface area contributed by atoms with Crippen LogP contribution in [-0.4, -0.2) is 41.4 Å². The number of halogens is 1. The number of aromatic nitrogens is 2. The number of hydrogen-bond acceptors (Lipinski definition) is 7. The van der Waals surface area contributed by atoms with Gasteiger partial charge in [0.05, 0.1) is 16.0 Å². The molecule has 0 saturated heterocycles. The van der Waals surface area contributed by atoms with Crippen molar-refractivity contribution in [3.05, 3.63) is 66.2 Å². The molecule has 6 nitrogen and oxygen atoms in total. The van der Waals surface area contributed by atoms with Gasteiger partial charge in [0.1, 0.15) is 30.4 Å². The predicted molar refractivity (Wildman–Crippen MR) is 128 cm³/mol. The van der Waals surface area contributed by atoms with E-state index in [4.69, 9.17) is 9.47 Å². The highest BCUT2D eigenvalue weighted by atomic mass is 32.2. The Bertz CT molecular complexity index is 1290. The summed E-state index contributed by atoms with van der Waals surface area (Å²) in [4.78, 5) is 22.1. The van der Waals surface area contributed by atoms with Crippen molar-refractivity contribution < 1.29 is 18.7 Å². The van der Waals surface area contributed by atoms with Crippen LogP contribution in [0, 0.1) is 5.82 Å². The molecule has 2 aromatic heterocycles. The zero-order valence-electron chi connectivity index (χ0n) is 17.5. The van der Waals surface area contributed by atoms with Crippen LogP contribution in [0.15, 0.2) is 59.9 Å². The first-order valence-corrected chi connectivity index (χ1v) is 12.2. The van der Waals surface area contributed by atoms with Gasteiger partial charge in [-0.3, -0.25) is 4.79 Å². The maximum atomic E-state index is 13.2. The number of rotatable bonds is 7. The molecule has 0 radical (unpaired) electrons. The number of amides is 1. The Kier molecular flexibility index (Phi) is 6.41. The van der Waals surface area contributed by atoms with E-state index in [0.717, 1.165) is 42.7 Å². The lowest BCUT2D eigenvalue weighted by Crippen LogP contribution is -2.27. The number of hydrogen-bond donors (Lipinski definition) is 1. The van der Waals surface area contributed by atoms with Gasteiger partial charge < -0.3 is 14.8 Å². The SMILES string of the molecule is O=C(CSc1ncnc2cc(-c3ccc(F)cc3)sc12)NCCc1ccc2c(c1)OCCO2. The molecule has 1 amide bonds. The van der Waals surface area contributed by atoms with Crippen LogP contribution in [0.3, 0.4) is 0 Å². The summed E-state index contributed by atoms with van der Waals surface area (Å²) in [7, 11) is 0. The molecule has 5 rings (SSSR count). The molecule has 33 heavy (non-hydrogen) atoms. The number of nitrogens with one attached hydrogen (secondary N) is 1. The largest absolute Gasteiger partial charge is 0.486 e. The Morgan fingerprint density at radius 1 is 1.06 bits per heavy atom. The fourth-order valence-electron chi connectivity index (χ4n) is 3.47. The molecule has 0 atom stereocenters. The minimum Gasteiger partial charge on any atom is -0.486 e. The van der Waals surface area contributed by atoms with Gasteiger partial charge >= 0.3 is 0 Å². The van der Waals surface area contributed by atoms with E-state index in [0.29, 0.717) is 26.2 Å². The average molecular weight is 482 g/mol. The molecule has 0 aliphatic carbocycles. The molecule has 1 N–H and O–H groups in total. The number of fused-ring (bicyclic) bond motifs is 2. The van der Waals surface area contributed by atoms with Gasteiger partial charge in [0.25, 0.3) is 0 Å². The van der Waals surface area contributed by atoms with E-state index in [2.05, 4.69) is 15.3 Å². The van der Waals surface area contributed by atoms with Gasteiger partial charge in [-0.15, -0.1) is 11.3 Å². The quantitative estimate of drug-likeness (QED) is 0.304. The minimum absolute atomic E-state index is 0.0559. The molecule has 0 saturated carbocycles. The van der Waals surface area contributed by atoms with Crippen LogP contribution in [0.1, 0.15) is 5.56 Å². The van der Waals surface area contributed by atoms with Crippen LogP contribution in [0.5, 0.6) is 11.5 Å². The maximum absolute atomic E-state index is 13.2. The maximum Gasteiger partial charge on any atom is 0.230 e.